The van der Waals surface area contributed by atoms with Gasteiger partial charge in [-0.25, -0.2) is 4.98 Å². The molecule has 0 atom stereocenters. The Morgan fingerprint density at radius 1 is 1.24 bits per heavy atom. The standard InChI is InChI=1S/C14H11NO2/c1-2-4-14-15-11-7-6-10(9-13(11)17-14)12-5-3-8-16-12/h2-9H,1H3/b4-2+. The van der Waals surface area contributed by atoms with E-state index in [1.807, 2.05) is 49.4 Å². The molecule has 0 spiro atoms. The van der Waals surface area contributed by atoms with Crippen molar-refractivity contribution in [3.8, 4) is 11.3 Å². The molecule has 17 heavy (non-hydrogen) atoms. The summed E-state index contributed by atoms with van der Waals surface area (Å²) in [6.45, 7) is 1.93. The van der Waals surface area contributed by atoms with E-state index in [-0.39, 0.29) is 0 Å². The Hall–Kier alpha value is -2.29. The van der Waals surface area contributed by atoms with Crippen molar-refractivity contribution in [2.45, 2.75) is 6.92 Å². The first-order valence-corrected chi connectivity index (χ1v) is 5.44. The van der Waals surface area contributed by atoms with Crippen LogP contribution in [0.3, 0.4) is 0 Å². The van der Waals surface area contributed by atoms with Crippen LogP contribution >= 0.6 is 0 Å². The van der Waals surface area contributed by atoms with E-state index in [0.717, 1.165) is 22.4 Å². The highest BCUT2D eigenvalue weighted by atomic mass is 16.3. The zero-order valence-electron chi connectivity index (χ0n) is 9.38. The minimum absolute atomic E-state index is 0.624. The molecule has 0 radical (unpaired) electrons. The fourth-order valence-corrected chi connectivity index (χ4v) is 1.75. The van der Waals surface area contributed by atoms with Crippen LogP contribution in [-0.4, -0.2) is 4.98 Å². The van der Waals surface area contributed by atoms with Crippen LogP contribution < -0.4 is 0 Å². The molecule has 1 aromatic carbocycles. The molecule has 0 aliphatic carbocycles. The summed E-state index contributed by atoms with van der Waals surface area (Å²) in [5.74, 6) is 1.45. The molecular weight excluding hydrogens is 214 g/mol. The Morgan fingerprint density at radius 3 is 2.94 bits per heavy atom. The highest BCUT2D eigenvalue weighted by Crippen LogP contribution is 2.25. The second-order valence-electron chi connectivity index (χ2n) is 3.71. The lowest BCUT2D eigenvalue weighted by Gasteiger charge is -1.94. The summed E-state index contributed by atoms with van der Waals surface area (Å²) in [4.78, 5) is 4.34. The number of aromatic nitrogens is 1. The zero-order valence-corrected chi connectivity index (χ0v) is 9.38. The van der Waals surface area contributed by atoms with Gasteiger partial charge >= 0.3 is 0 Å². The van der Waals surface area contributed by atoms with Crippen molar-refractivity contribution in [1.82, 2.24) is 4.98 Å². The fourth-order valence-electron chi connectivity index (χ4n) is 1.75. The van der Waals surface area contributed by atoms with E-state index in [1.165, 1.54) is 0 Å². The third-order valence-electron chi connectivity index (χ3n) is 2.52. The molecule has 0 amide bonds. The predicted molar refractivity (Wildman–Crippen MR) is 66.4 cm³/mol. The van der Waals surface area contributed by atoms with E-state index in [9.17, 15) is 0 Å². The lowest BCUT2D eigenvalue weighted by atomic mass is 10.1. The average Bonchev–Trinajstić information content (AvgIpc) is 2.96. The van der Waals surface area contributed by atoms with Gasteiger partial charge in [-0.1, -0.05) is 6.08 Å². The predicted octanol–water partition coefficient (Wildman–Crippen LogP) is 4.12. The molecule has 0 bridgehead atoms. The number of benzene rings is 1. The third-order valence-corrected chi connectivity index (χ3v) is 2.52. The summed E-state index contributed by atoms with van der Waals surface area (Å²) in [6, 6.07) is 9.64. The molecular formula is C14H11NO2. The van der Waals surface area contributed by atoms with Gasteiger partial charge in [-0.3, -0.25) is 0 Å². The van der Waals surface area contributed by atoms with Gasteiger partial charge in [0.2, 0.25) is 5.89 Å². The Morgan fingerprint density at radius 2 is 2.18 bits per heavy atom. The number of oxazole rings is 1. The van der Waals surface area contributed by atoms with Gasteiger partial charge in [0.25, 0.3) is 0 Å². The minimum Gasteiger partial charge on any atom is -0.464 e. The zero-order chi connectivity index (χ0) is 11.7. The normalized spacial score (nSPS) is 11.6. The summed E-state index contributed by atoms with van der Waals surface area (Å²) in [5, 5.41) is 0. The molecule has 3 aromatic rings. The quantitative estimate of drug-likeness (QED) is 0.658. The van der Waals surface area contributed by atoms with Crippen molar-refractivity contribution in [2.75, 3.05) is 0 Å². The van der Waals surface area contributed by atoms with Crippen LogP contribution in [0.25, 0.3) is 28.5 Å². The van der Waals surface area contributed by atoms with Gasteiger partial charge in [-0.15, -0.1) is 0 Å². The van der Waals surface area contributed by atoms with Crippen LogP contribution in [0.5, 0.6) is 0 Å². The SMILES string of the molecule is C/C=C/c1nc2ccc(-c3ccco3)cc2o1. The maximum Gasteiger partial charge on any atom is 0.219 e. The molecule has 0 aliphatic rings. The number of furan rings is 1. The molecule has 2 heterocycles. The smallest absolute Gasteiger partial charge is 0.219 e. The largest absolute Gasteiger partial charge is 0.464 e. The molecule has 3 rings (SSSR count). The Kier molecular flexibility index (Phi) is 2.29. The maximum atomic E-state index is 5.61. The molecule has 3 heteroatoms. The van der Waals surface area contributed by atoms with E-state index >= 15 is 0 Å². The molecule has 0 aliphatic heterocycles. The topological polar surface area (TPSA) is 39.2 Å². The number of hydrogen-bond donors (Lipinski definition) is 0. The first kappa shape index (κ1) is 9.90. The fraction of sp³-hybridized carbons (Fsp3) is 0.0714. The third kappa shape index (κ3) is 1.76. The van der Waals surface area contributed by atoms with Crippen LogP contribution in [-0.2, 0) is 0 Å². The van der Waals surface area contributed by atoms with Crippen LogP contribution in [0.2, 0.25) is 0 Å². The number of hydrogen-bond acceptors (Lipinski definition) is 3. The second-order valence-corrected chi connectivity index (χ2v) is 3.71. The summed E-state index contributed by atoms with van der Waals surface area (Å²) >= 11 is 0. The van der Waals surface area contributed by atoms with Gasteiger partial charge in [0.15, 0.2) is 5.58 Å². The van der Waals surface area contributed by atoms with Gasteiger partial charge in [0, 0.05) is 5.56 Å². The average molecular weight is 225 g/mol. The molecule has 3 nitrogen and oxygen atoms in total. The summed E-state index contributed by atoms with van der Waals surface area (Å²) < 4.78 is 11.0. The first-order chi connectivity index (χ1) is 8.36. The van der Waals surface area contributed by atoms with Crippen LogP contribution in [0.4, 0.5) is 0 Å². The van der Waals surface area contributed by atoms with Gasteiger partial charge in [0.05, 0.1) is 6.26 Å². The van der Waals surface area contributed by atoms with Gasteiger partial charge < -0.3 is 8.83 Å². The molecule has 0 N–H and O–H groups in total. The maximum absolute atomic E-state index is 5.61. The van der Waals surface area contributed by atoms with E-state index < -0.39 is 0 Å². The lowest BCUT2D eigenvalue weighted by Crippen LogP contribution is -1.73. The molecule has 0 saturated carbocycles. The van der Waals surface area contributed by atoms with Crippen molar-refractivity contribution >= 4 is 17.2 Å². The van der Waals surface area contributed by atoms with E-state index in [2.05, 4.69) is 4.98 Å². The molecule has 0 fully saturated rings. The highest BCUT2D eigenvalue weighted by Gasteiger charge is 2.06. The van der Waals surface area contributed by atoms with Crippen molar-refractivity contribution in [2.24, 2.45) is 0 Å². The summed E-state index contributed by atoms with van der Waals surface area (Å²) in [7, 11) is 0. The molecule has 0 saturated heterocycles. The van der Waals surface area contributed by atoms with Crippen molar-refractivity contribution in [3.05, 3.63) is 48.6 Å². The van der Waals surface area contributed by atoms with E-state index in [1.54, 1.807) is 6.26 Å². The Bertz CT molecular complexity index is 663. The van der Waals surface area contributed by atoms with E-state index in [0.29, 0.717) is 5.89 Å². The Balaban J connectivity index is 2.12. The number of rotatable bonds is 2. The van der Waals surface area contributed by atoms with Crippen LogP contribution in [0, 0.1) is 0 Å². The monoisotopic (exact) mass is 225 g/mol. The van der Waals surface area contributed by atoms with Crippen molar-refractivity contribution < 1.29 is 8.83 Å². The van der Waals surface area contributed by atoms with Gasteiger partial charge in [-0.05, 0) is 43.3 Å². The Labute approximate surface area is 98.4 Å². The van der Waals surface area contributed by atoms with Gasteiger partial charge in [-0.2, -0.15) is 0 Å². The lowest BCUT2D eigenvalue weighted by molar-refractivity contribution is 0.579. The van der Waals surface area contributed by atoms with Crippen molar-refractivity contribution in [1.29, 1.82) is 0 Å². The second kappa shape index (κ2) is 3.94. The minimum atomic E-state index is 0.624. The van der Waals surface area contributed by atoms with Crippen LogP contribution in [0.1, 0.15) is 12.8 Å². The molecule has 2 aromatic heterocycles. The first-order valence-electron chi connectivity index (χ1n) is 5.44. The van der Waals surface area contributed by atoms with E-state index in [4.69, 9.17) is 8.83 Å². The number of fused-ring (bicyclic) bond motifs is 1. The molecule has 0 unspecified atom stereocenters. The van der Waals surface area contributed by atoms with Crippen molar-refractivity contribution in [3.63, 3.8) is 0 Å². The highest BCUT2D eigenvalue weighted by molar-refractivity contribution is 5.79. The molecule has 84 valence electrons. The van der Waals surface area contributed by atoms with Crippen LogP contribution in [0.15, 0.2) is 51.5 Å². The number of nitrogens with zero attached hydrogens (tertiary/aromatic N) is 1. The number of allylic oxidation sites excluding steroid dienone is 1. The van der Waals surface area contributed by atoms with Gasteiger partial charge in [0.1, 0.15) is 11.3 Å². The summed E-state index contributed by atoms with van der Waals surface area (Å²) in [6.07, 6.45) is 5.40. The summed E-state index contributed by atoms with van der Waals surface area (Å²) in [5.41, 5.74) is 2.62.